The van der Waals surface area contributed by atoms with E-state index in [2.05, 4.69) is 10.9 Å². The molecule has 0 aliphatic carbocycles. The van der Waals surface area contributed by atoms with Crippen molar-refractivity contribution in [2.75, 3.05) is 0 Å². The summed E-state index contributed by atoms with van der Waals surface area (Å²) in [7, 11) is 0. The highest BCUT2D eigenvalue weighted by Gasteiger charge is 2.13. The standard InChI is InChI=1S/C16H11ClN2O2S/c1-3-8-19-14-10(2)11(17)6-7-13(14)22-16(19)18-15(20)12-5-4-9-21-12/h1,4-7,9H,8H2,2H3. The highest BCUT2D eigenvalue weighted by Crippen LogP contribution is 2.27. The van der Waals surface area contributed by atoms with Gasteiger partial charge in [0.2, 0.25) is 0 Å². The van der Waals surface area contributed by atoms with Gasteiger partial charge in [-0.1, -0.05) is 28.9 Å². The lowest BCUT2D eigenvalue weighted by Crippen LogP contribution is -2.16. The van der Waals surface area contributed by atoms with Gasteiger partial charge in [0.15, 0.2) is 10.6 Å². The minimum atomic E-state index is -0.439. The lowest BCUT2D eigenvalue weighted by atomic mass is 10.2. The van der Waals surface area contributed by atoms with Crippen LogP contribution in [0.5, 0.6) is 0 Å². The molecule has 0 saturated heterocycles. The topological polar surface area (TPSA) is 47.5 Å². The molecule has 2 aromatic heterocycles. The first-order chi connectivity index (χ1) is 10.6. The maximum Gasteiger partial charge on any atom is 0.315 e. The molecule has 0 radical (unpaired) electrons. The summed E-state index contributed by atoms with van der Waals surface area (Å²) in [4.78, 5) is 16.8. The minimum absolute atomic E-state index is 0.194. The van der Waals surface area contributed by atoms with E-state index in [1.54, 1.807) is 12.1 Å². The third-order valence-corrected chi connectivity index (χ3v) is 4.66. The number of benzene rings is 1. The van der Waals surface area contributed by atoms with Gasteiger partial charge in [0.1, 0.15) is 0 Å². The van der Waals surface area contributed by atoms with Gasteiger partial charge in [0, 0.05) is 5.02 Å². The van der Waals surface area contributed by atoms with Gasteiger partial charge >= 0.3 is 5.91 Å². The maximum absolute atomic E-state index is 12.1. The average molecular weight is 331 g/mol. The molecule has 1 amide bonds. The Bertz CT molecular complexity index is 959. The molecule has 2 heterocycles. The number of furan rings is 1. The molecule has 4 nitrogen and oxygen atoms in total. The smallest absolute Gasteiger partial charge is 0.315 e. The number of carbonyl (C=O) groups excluding carboxylic acids is 1. The van der Waals surface area contributed by atoms with E-state index in [1.807, 2.05) is 23.6 Å². The van der Waals surface area contributed by atoms with E-state index in [0.717, 1.165) is 15.8 Å². The summed E-state index contributed by atoms with van der Waals surface area (Å²) >= 11 is 7.58. The summed E-state index contributed by atoms with van der Waals surface area (Å²) < 4.78 is 7.87. The van der Waals surface area contributed by atoms with Crippen molar-refractivity contribution >= 4 is 39.1 Å². The molecule has 0 N–H and O–H groups in total. The first kappa shape index (κ1) is 14.6. The zero-order valence-corrected chi connectivity index (χ0v) is 13.2. The highest BCUT2D eigenvalue weighted by atomic mass is 35.5. The summed E-state index contributed by atoms with van der Waals surface area (Å²) in [6.07, 6.45) is 6.89. The zero-order valence-electron chi connectivity index (χ0n) is 11.7. The number of carbonyl (C=O) groups is 1. The van der Waals surface area contributed by atoms with E-state index >= 15 is 0 Å². The molecule has 0 aliphatic rings. The zero-order chi connectivity index (χ0) is 15.7. The fourth-order valence-electron chi connectivity index (χ4n) is 2.18. The monoisotopic (exact) mass is 330 g/mol. The number of nitrogens with zero attached hydrogens (tertiary/aromatic N) is 2. The number of terminal acetylenes is 1. The quantitative estimate of drug-likeness (QED) is 0.674. The van der Waals surface area contributed by atoms with Crippen molar-refractivity contribution in [3.8, 4) is 12.3 Å². The van der Waals surface area contributed by atoms with Crippen LogP contribution in [0.1, 0.15) is 16.1 Å². The summed E-state index contributed by atoms with van der Waals surface area (Å²) in [5, 5.41) is 0.653. The number of aromatic nitrogens is 1. The molecule has 0 saturated carbocycles. The Morgan fingerprint density at radius 2 is 2.32 bits per heavy atom. The van der Waals surface area contributed by atoms with Crippen LogP contribution in [0.25, 0.3) is 10.2 Å². The number of hydrogen-bond donors (Lipinski definition) is 0. The van der Waals surface area contributed by atoms with Crippen molar-refractivity contribution in [1.82, 2.24) is 4.57 Å². The molecule has 6 heteroatoms. The fourth-order valence-corrected chi connectivity index (χ4v) is 3.42. The van der Waals surface area contributed by atoms with Crippen LogP contribution in [0.2, 0.25) is 5.02 Å². The Morgan fingerprint density at radius 1 is 1.50 bits per heavy atom. The van der Waals surface area contributed by atoms with Crippen LogP contribution < -0.4 is 4.80 Å². The molecular formula is C16H11ClN2O2S. The summed E-state index contributed by atoms with van der Waals surface area (Å²) in [6.45, 7) is 2.23. The Kier molecular flexibility index (Phi) is 3.88. The van der Waals surface area contributed by atoms with Gasteiger partial charge in [-0.05, 0) is 36.8 Å². The molecule has 22 heavy (non-hydrogen) atoms. The largest absolute Gasteiger partial charge is 0.459 e. The van der Waals surface area contributed by atoms with Crippen molar-refractivity contribution < 1.29 is 9.21 Å². The van der Waals surface area contributed by atoms with Crippen LogP contribution in [0.4, 0.5) is 0 Å². The van der Waals surface area contributed by atoms with Gasteiger partial charge in [-0.2, -0.15) is 4.99 Å². The number of aryl methyl sites for hydroxylation is 1. The summed E-state index contributed by atoms with van der Waals surface area (Å²) in [5.41, 5.74) is 1.82. The molecular weight excluding hydrogens is 320 g/mol. The van der Waals surface area contributed by atoms with E-state index < -0.39 is 5.91 Å². The van der Waals surface area contributed by atoms with Crippen molar-refractivity contribution in [3.63, 3.8) is 0 Å². The second kappa shape index (κ2) is 5.84. The minimum Gasteiger partial charge on any atom is -0.459 e. The van der Waals surface area contributed by atoms with Crippen molar-refractivity contribution in [2.45, 2.75) is 13.5 Å². The number of amides is 1. The number of fused-ring (bicyclic) bond motifs is 1. The SMILES string of the molecule is C#CCn1c(=NC(=O)c2ccco2)sc2ccc(Cl)c(C)c21. The second-order valence-corrected chi connectivity index (χ2v) is 6.00. The maximum atomic E-state index is 12.1. The molecule has 3 rings (SSSR count). The molecule has 0 atom stereocenters. The molecule has 3 aromatic rings. The van der Waals surface area contributed by atoms with E-state index in [4.69, 9.17) is 22.4 Å². The van der Waals surface area contributed by atoms with Gasteiger partial charge in [-0.25, -0.2) is 0 Å². The lowest BCUT2D eigenvalue weighted by molar-refractivity contribution is 0.0971. The summed E-state index contributed by atoms with van der Waals surface area (Å²) in [6, 6.07) is 6.95. The Balaban J connectivity index is 2.26. The molecule has 0 bridgehead atoms. The molecule has 0 aliphatic heterocycles. The van der Waals surface area contributed by atoms with Crippen molar-refractivity contribution in [2.24, 2.45) is 4.99 Å². The van der Waals surface area contributed by atoms with Crippen LogP contribution in [0.15, 0.2) is 39.9 Å². The summed E-state index contributed by atoms with van der Waals surface area (Å²) in [5.74, 6) is 2.34. The van der Waals surface area contributed by atoms with Crippen LogP contribution >= 0.6 is 22.9 Å². The Hall–Kier alpha value is -2.29. The van der Waals surface area contributed by atoms with E-state index in [9.17, 15) is 4.79 Å². The van der Waals surface area contributed by atoms with Crippen LogP contribution in [0, 0.1) is 19.3 Å². The third-order valence-electron chi connectivity index (χ3n) is 3.21. The Morgan fingerprint density at radius 3 is 3.00 bits per heavy atom. The highest BCUT2D eigenvalue weighted by molar-refractivity contribution is 7.16. The Labute approximate surface area is 135 Å². The van der Waals surface area contributed by atoms with E-state index in [0.29, 0.717) is 16.4 Å². The predicted molar refractivity (Wildman–Crippen MR) is 87.0 cm³/mol. The number of thiazole rings is 1. The van der Waals surface area contributed by atoms with Gasteiger partial charge in [-0.3, -0.25) is 4.79 Å². The van der Waals surface area contributed by atoms with Crippen molar-refractivity contribution in [1.29, 1.82) is 0 Å². The fraction of sp³-hybridized carbons (Fsp3) is 0.125. The number of rotatable bonds is 2. The normalized spacial score (nSPS) is 11.8. The lowest BCUT2D eigenvalue weighted by Gasteiger charge is -2.04. The molecule has 0 fully saturated rings. The number of hydrogen-bond acceptors (Lipinski definition) is 3. The molecule has 0 unspecified atom stereocenters. The van der Waals surface area contributed by atoms with E-state index in [-0.39, 0.29) is 5.76 Å². The van der Waals surface area contributed by atoms with Crippen LogP contribution in [-0.2, 0) is 6.54 Å². The molecule has 110 valence electrons. The van der Waals surface area contributed by atoms with Gasteiger partial charge < -0.3 is 8.98 Å². The van der Waals surface area contributed by atoms with Crippen LogP contribution in [-0.4, -0.2) is 10.5 Å². The first-order valence-corrected chi connectivity index (χ1v) is 7.65. The van der Waals surface area contributed by atoms with Gasteiger partial charge in [0.25, 0.3) is 0 Å². The molecule has 1 aromatic carbocycles. The van der Waals surface area contributed by atoms with Gasteiger partial charge in [0.05, 0.1) is 23.0 Å². The van der Waals surface area contributed by atoms with E-state index in [1.165, 1.54) is 17.6 Å². The average Bonchev–Trinajstić information content (AvgIpc) is 3.13. The molecule has 0 spiro atoms. The predicted octanol–water partition coefficient (Wildman–Crippen LogP) is 3.63. The number of halogens is 1. The van der Waals surface area contributed by atoms with Gasteiger partial charge in [-0.15, -0.1) is 6.42 Å². The first-order valence-electron chi connectivity index (χ1n) is 6.46. The van der Waals surface area contributed by atoms with Crippen LogP contribution in [0.3, 0.4) is 0 Å². The van der Waals surface area contributed by atoms with Crippen molar-refractivity contribution in [3.05, 3.63) is 51.7 Å². The third kappa shape index (κ3) is 2.47. The second-order valence-electron chi connectivity index (χ2n) is 4.59.